The molecule has 0 aliphatic carbocycles. The summed E-state index contributed by atoms with van der Waals surface area (Å²) in [5.41, 5.74) is 1.27. The average Bonchev–Trinajstić information content (AvgIpc) is 2.42. The Bertz CT molecular complexity index is 658. The Morgan fingerprint density at radius 3 is 2.85 bits per heavy atom. The largest absolute Gasteiger partial charge is 0.508 e. The molecule has 20 heavy (non-hydrogen) atoms. The van der Waals surface area contributed by atoms with Crippen LogP contribution in [-0.4, -0.2) is 11.0 Å². The van der Waals surface area contributed by atoms with Gasteiger partial charge < -0.3 is 10.4 Å². The fourth-order valence-corrected chi connectivity index (χ4v) is 2.23. The van der Waals surface area contributed by atoms with Crippen molar-refractivity contribution in [2.75, 3.05) is 0 Å². The van der Waals surface area contributed by atoms with Crippen LogP contribution in [0.2, 0.25) is 0 Å². The summed E-state index contributed by atoms with van der Waals surface area (Å²) in [6.07, 6.45) is 0. The molecule has 2 N–H and O–H groups in total. The van der Waals surface area contributed by atoms with Crippen LogP contribution >= 0.6 is 15.9 Å². The van der Waals surface area contributed by atoms with Gasteiger partial charge in [0.05, 0.1) is 0 Å². The van der Waals surface area contributed by atoms with E-state index in [2.05, 4.69) is 21.2 Å². The predicted molar refractivity (Wildman–Crippen MR) is 78.1 cm³/mol. The van der Waals surface area contributed by atoms with Crippen LogP contribution < -0.4 is 5.32 Å². The van der Waals surface area contributed by atoms with Gasteiger partial charge in [-0.25, -0.2) is 4.39 Å². The molecule has 0 aromatic heterocycles. The maximum absolute atomic E-state index is 13.6. The van der Waals surface area contributed by atoms with E-state index in [-0.39, 0.29) is 24.0 Å². The first kappa shape index (κ1) is 14.5. The van der Waals surface area contributed by atoms with Crippen molar-refractivity contribution < 1.29 is 14.3 Å². The van der Waals surface area contributed by atoms with Crippen molar-refractivity contribution in [3.8, 4) is 5.75 Å². The van der Waals surface area contributed by atoms with Crippen molar-refractivity contribution in [2.24, 2.45) is 0 Å². The molecule has 0 saturated heterocycles. The molecule has 2 rings (SSSR count). The molecule has 0 heterocycles. The van der Waals surface area contributed by atoms with E-state index in [1.54, 1.807) is 31.2 Å². The lowest BCUT2D eigenvalue weighted by Crippen LogP contribution is -2.24. The molecule has 0 atom stereocenters. The summed E-state index contributed by atoms with van der Waals surface area (Å²) in [5, 5.41) is 12.2. The van der Waals surface area contributed by atoms with Gasteiger partial charge in [-0.3, -0.25) is 4.79 Å². The lowest BCUT2D eigenvalue weighted by atomic mass is 10.1. The summed E-state index contributed by atoms with van der Waals surface area (Å²) in [5.74, 6) is -0.662. The van der Waals surface area contributed by atoms with Crippen molar-refractivity contribution in [3.63, 3.8) is 0 Å². The third-order valence-electron chi connectivity index (χ3n) is 3.00. The molecule has 104 valence electrons. The molecule has 1 amide bonds. The molecule has 0 radical (unpaired) electrons. The minimum Gasteiger partial charge on any atom is -0.508 e. The molecule has 0 fully saturated rings. The van der Waals surface area contributed by atoms with E-state index in [4.69, 9.17) is 0 Å². The van der Waals surface area contributed by atoms with Gasteiger partial charge >= 0.3 is 0 Å². The standard InChI is InChI=1S/C15H13BrFNO2/c1-9-12(3-2-4-14(9)19)15(20)18-8-10-7-11(16)5-6-13(10)17/h2-7,19H,8H2,1H3,(H,18,20). The molecule has 0 unspecified atom stereocenters. The molecule has 3 nitrogen and oxygen atoms in total. The number of nitrogens with one attached hydrogen (secondary N) is 1. The zero-order valence-corrected chi connectivity index (χ0v) is 12.4. The fourth-order valence-electron chi connectivity index (χ4n) is 1.82. The first-order valence-corrected chi connectivity index (χ1v) is 6.79. The monoisotopic (exact) mass is 337 g/mol. The van der Waals surface area contributed by atoms with E-state index in [9.17, 15) is 14.3 Å². The van der Waals surface area contributed by atoms with Gasteiger partial charge in [0.1, 0.15) is 11.6 Å². The SMILES string of the molecule is Cc1c(O)cccc1C(=O)NCc1cc(Br)ccc1F. The Balaban J connectivity index is 2.13. The summed E-state index contributed by atoms with van der Waals surface area (Å²) >= 11 is 3.26. The van der Waals surface area contributed by atoms with Crippen LogP contribution in [0.4, 0.5) is 4.39 Å². The van der Waals surface area contributed by atoms with Gasteiger partial charge in [0.15, 0.2) is 0 Å². The number of amides is 1. The van der Waals surface area contributed by atoms with Crippen LogP contribution in [0, 0.1) is 12.7 Å². The van der Waals surface area contributed by atoms with Crippen LogP contribution in [-0.2, 0) is 6.54 Å². The number of carbonyl (C=O) groups excluding carboxylic acids is 1. The van der Waals surface area contributed by atoms with E-state index in [0.717, 1.165) is 4.47 Å². The van der Waals surface area contributed by atoms with Crippen LogP contribution in [0.5, 0.6) is 5.75 Å². The Labute approximate surface area is 124 Å². The highest BCUT2D eigenvalue weighted by atomic mass is 79.9. The molecule has 0 spiro atoms. The Hall–Kier alpha value is -1.88. The molecule has 2 aromatic rings. The Morgan fingerprint density at radius 1 is 1.35 bits per heavy atom. The number of hydrogen-bond donors (Lipinski definition) is 2. The smallest absolute Gasteiger partial charge is 0.251 e. The van der Waals surface area contributed by atoms with Gasteiger partial charge in [0.25, 0.3) is 5.91 Å². The quantitative estimate of drug-likeness (QED) is 0.900. The van der Waals surface area contributed by atoms with Crippen LogP contribution in [0.1, 0.15) is 21.5 Å². The Kier molecular flexibility index (Phi) is 4.39. The second kappa shape index (κ2) is 6.05. The first-order chi connectivity index (χ1) is 9.49. The van der Waals surface area contributed by atoms with Gasteiger partial charge in [-0.05, 0) is 37.3 Å². The van der Waals surface area contributed by atoms with Crippen molar-refractivity contribution in [2.45, 2.75) is 13.5 Å². The van der Waals surface area contributed by atoms with E-state index < -0.39 is 0 Å². The highest BCUT2D eigenvalue weighted by molar-refractivity contribution is 9.10. The molecule has 0 aliphatic heterocycles. The minimum atomic E-state index is -0.374. The van der Waals surface area contributed by atoms with Gasteiger partial charge in [-0.2, -0.15) is 0 Å². The topological polar surface area (TPSA) is 49.3 Å². The summed E-state index contributed by atoms with van der Waals surface area (Å²) in [4.78, 5) is 12.0. The number of benzene rings is 2. The molecule has 0 aliphatic rings. The third kappa shape index (κ3) is 3.17. The second-order valence-electron chi connectivity index (χ2n) is 4.37. The number of aromatic hydroxyl groups is 1. The van der Waals surface area contributed by atoms with E-state index in [1.807, 2.05) is 0 Å². The van der Waals surface area contributed by atoms with Gasteiger partial charge in [0.2, 0.25) is 0 Å². The number of rotatable bonds is 3. The number of hydrogen-bond acceptors (Lipinski definition) is 2. The predicted octanol–water partition coefficient (Wildman–Crippen LogP) is 3.53. The Morgan fingerprint density at radius 2 is 2.10 bits per heavy atom. The minimum absolute atomic E-state index is 0.0614. The molecule has 5 heteroatoms. The lowest BCUT2D eigenvalue weighted by Gasteiger charge is -2.09. The van der Waals surface area contributed by atoms with E-state index in [0.29, 0.717) is 16.7 Å². The van der Waals surface area contributed by atoms with Crippen LogP contribution in [0.15, 0.2) is 40.9 Å². The van der Waals surface area contributed by atoms with E-state index >= 15 is 0 Å². The molecular formula is C15H13BrFNO2. The zero-order valence-electron chi connectivity index (χ0n) is 10.8. The number of phenolic OH excluding ortho intramolecular Hbond substituents is 1. The number of carbonyl (C=O) groups is 1. The van der Waals surface area contributed by atoms with Gasteiger partial charge in [-0.1, -0.05) is 22.0 Å². The number of halogens is 2. The maximum Gasteiger partial charge on any atom is 0.251 e. The van der Waals surface area contributed by atoms with Crippen molar-refractivity contribution in [1.29, 1.82) is 0 Å². The summed E-state index contributed by atoms with van der Waals surface area (Å²) in [7, 11) is 0. The van der Waals surface area contributed by atoms with Crippen LogP contribution in [0.25, 0.3) is 0 Å². The molecule has 0 saturated carbocycles. The highest BCUT2D eigenvalue weighted by Gasteiger charge is 2.12. The highest BCUT2D eigenvalue weighted by Crippen LogP contribution is 2.20. The van der Waals surface area contributed by atoms with Crippen molar-refractivity contribution >= 4 is 21.8 Å². The maximum atomic E-state index is 13.6. The molecule has 2 aromatic carbocycles. The average molecular weight is 338 g/mol. The third-order valence-corrected chi connectivity index (χ3v) is 3.49. The van der Waals surface area contributed by atoms with Gasteiger partial charge in [0, 0.05) is 27.7 Å². The van der Waals surface area contributed by atoms with Crippen LogP contribution in [0.3, 0.4) is 0 Å². The second-order valence-corrected chi connectivity index (χ2v) is 5.28. The normalized spacial score (nSPS) is 10.3. The fraction of sp³-hybridized carbons (Fsp3) is 0.133. The summed E-state index contributed by atoms with van der Waals surface area (Å²) < 4.78 is 14.3. The number of phenols is 1. The van der Waals surface area contributed by atoms with Crippen molar-refractivity contribution in [1.82, 2.24) is 5.32 Å². The zero-order chi connectivity index (χ0) is 14.7. The van der Waals surface area contributed by atoms with Gasteiger partial charge in [-0.15, -0.1) is 0 Å². The van der Waals surface area contributed by atoms with Crippen molar-refractivity contribution in [3.05, 3.63) is 63.4 Å². The first-order valence-electron chi connectivity index (χ1n) is 5.99. The lowest BCUT2D eigenvalue weighted by molar-refractivity contribution is 0.0949. The molecule has 0 bridgehead atoms. The van der Waals surface area contributed by atoms with E-state index in [1.165, 1.54) is 12.1 Å². The summed E-state index contributed by atoms with van der Waals surface area (Å²) in [6, 6.07) is 9.27. The molecular weight excluding hydrogens is 325 g/mol. The summed E-state index contributed by atoms with van der Waals surface area (Å²) in [6.45, 7) is 1.74.